The van der Waals surface area contributed by atoms with Gasteiger partial charge in [0.05, 0.1) is 18.9 Å². The second-order valence-electron chi connectivity index (χ2n) is 5.07. The van der Waals surface area contributed by atoms with Crippen LogP contribution >= 0.6 is 12.4 Å². The van der Waals surface area contributed by atoms with Crippen LogP contribution in [0.5, 0.6) is 0 Å². The second-order valence-corrected chi connectivity index (χ2v) is 7.00. The van der Waals surface area contributed by atoms with Gasteiger partial charge in [0.2, 0.25) is 15.9 Å². The number of sulfonamides is 1. The largest absolute Gasteiger partial charge is 0.381 e. The number of carbonyl (C=O) groups excluding carboxylic acids is 1. The first-order valence-electron chi connectivity index (χ1n) is 6.94. The number of likely N-dealkylation sites (tertiary alicyclic amines) is 1. The summed E-state index contributed by atoms with van der Waals surface area (Å²) in [6, 6.07) is 0.115. The Balaban J connectivity index is 0.00000400. The standard InChI is InChI=1S/C12H25N3O4S.ClH/c1-3-19-4-5-20(17,18)14-8-12(16)15-9-11(7-13)6-10(15)2;/h10-11,14H,3-9,13H2,1-2H3;1H. The average molecular weight is 344 g/mol. The molecule has 0 aromatic rings. The van der Waals surface area contributed by atoms with Gasteiger partial charge in [-0.15, -0.1) is 12.4 Å². The highest BCUT2D eigenvalue weighted by Gasteiger charge is 2.31. The monoisotopic (exact) mass is 343 g/mol. The van der Waals surface area contributed by atoms with E-state index in [0.717, 1.165) is 6.42 Å². The highest BCUT2D eigenvalue weighted by molar-refractivity contribution is 7.89. The second kappa shape index (κ2) is 9.58. The molecule has 1 amide bonds. The van der Waals surface area contributed by atoms with Gasteiger partial charge >= 0.3 is 0 Å². The Kier molecular flexibility index (Phi) is 9.39. The van der Waals surface area contributed by atoms with Gasteiger partial charge in [0, 0.05) is 19.2 Å². The normalized spacial score (nSPS) is 22.1. The van der Waals surface area contributed by atoms with E-state index in [1.165, 1.54) is 0 Å². The lowest BCUT2D eigenvalue weighted by atomic mass is 10.1. The van der Waals surface area contributed by atoms with Gasteiger partial charge in [0.1, 0.15) is 0 Å². The van der Waals surface area contributed by atoms with Crippen molar-refractivity contribution in [1.82, 2.24) is 9.62 Å². The zero-order valence-corrected chi connectivity index (χ0v) is 14.2. The number of hydrogen-bond acceptors (Lipinski definition) is 5. The van der Waals surface area contributed by atoms with Crippen molar-refractivity contribution >= 4 is 28.3 Å². The van der Waals surface area contributed by atoms with Crippen LogP contribution < -0.4 is 10.5 Å². The molecule has 1 saturated heterocycles. The molecule has 0 saturated carbocycles. The number of nitrogens with zero attached hydrogens (tertiary/aromatic N) is 1. The van der Waals surface area contributed by atoms with Gasteiger partial charge in [0.25, 0.3) is 0 Å². The van der Waals surface area contributed by atoms with E-state index in [-0.39, 0.29) is 43.3 Å². The zero-order chi connectivity index (χ0) is 15.2. The van der Waals surface area contributed by atoms with Crippen molar-refractivity contribution in [3.63, 3.8) is 0 Å². The number of amides is 1. The van der Waals surface area contributed by atoms with Gasteiger partial charge in [-0.2, -0.15) is 0 Å². The van der Waals surface area contributed by atoms with Crippen LogP contribution in [0.3, 0.4) is 0 Å². The van der Waals surface area contributed by atoms with Gasteiger partial charge in [-0.3, -0.25) is 4.79 Å². The van der Waals surface area contributed by atoms with E-state index in [2.05, 4.69) is 4.72 Å². The van der Waals surface area contributed by atoms with E-state index in [1.807, 2.05) is 6.92 Å². The molecule has 0 aliphatic carbocycles. The fourth-order valence-electron chi connectivity index (χ4n) is 2.32. The minimum atomic E-state index is -3.46. The van der Waals surface area contributed by atoms with Gasteiger partial charge < -0.3 is 15.4 Å². The molecule has 1 aliphatic heterocycles. The summed E-state index contributed by atoms with van der Waals surface area (Å²) in [4.78, 5) is 13.7. The van der Waals surface area contributed by atoms with Crippen molar-refractivity contribution < 1.29 is 17.9 Å². The van der Waals surface area contributed by atoms with E-state index in [9.17, 15) is 13.2 Å². The van der Waals surface area contributed by atoms with Crippen LogP contribution in [0.4, 0.5) is 0 Å². The van der Waals surface area contributed by atoms with Crippen molar-refractivity contribution in [1.29, 1.82) is 0 Å². The predicted octanol–water partition coefficient (Wildman–Crippen LogP) is -0.440. The summed E-state index contributed by atoms with van der Waals surface area (Å²) in [5.41, 5.74) is 5.61. The minimum absolute atomic E-state index is 0. The van der Waals surface area contributed by atoms with E-state index >= 15 is 0 Å². The van der Waals surface area contributed by atoms with Crippen LogP contribution in [-0.4, -0.2) is 63.9 Å². The number of carbonyl (C=O) groups is 1. The maximum Gasteiger partial charge on any atom is 0.237 e. The third kappa shape index (κ3) is 6.92. The molecule has 2 atom stereocenters. The SMILES string of the molecule is CCOCCS(=O)(=O)NCC(=O)N1CC(CN)CC1C.Cl. The van der Waals surface area contributed by atoms with Crippen LogP contribution in [0.25, 0.3) is 0 Å². The highest BCUT2D eigenvalue weighted by atomic mass is 35.5. The molecule has 1 aliphatic rings. The summed E-state index contributed by atoms with van der Waals surface area (Å²) < 4.78 is 30.6. The molecule has 0 bridgehead atoms. The van der Waals surface area contributed by atoms with E-state index in [0.29, 0.717) is 25.6 Å². The fourth-order valence-corrected chi connectivity index (χ4v) is 3.14. The molecular formula is C12H26ClN3O4S. The lowest BCUT2D eigenvalue weighted by Gasteiger charge is -2.21. The lowest BCUT2D eigenvalue weighted by molar-refractivity contribution is -0.130. The summed E-state index contributed by atoms with van der Waals surface area (Å²) in [5, 5.41) is 0. The van der Waals surface area contributed by atoms with E-state index in [4.69, 9.17) is 10.5 Å². The van der Waals surface area contributed by atoms with Crippen LogP contribution in [0.1, 0.15) is 20.3 Å². The molecule has 126 valence electrons. The van der Waals surface area contributed by atoms with Crippen molar-refractivity contribution in [3.8, 4) is 0 Å². The molecule has 1 rings (SSSR count). The zero-order valence-electron chi connectivity index (χ0n) is 12.6. The fraction of sp³-hybridized carbons (Fsp3) is 0.917. The summed E-state index contributed by atoms with van der Waals surface area (Å²) >= 11 is 0. The first kappa shape index (κ1) is 20.6. The molecule has 0 aromatic carbocycles. The third-order valence-corrected chi connectivity index (χ3v) is 4.75. The molecule has 2 unspecified atom stereocenters. The Morgan fingerprint density at radius 1 is 1.48 bits per heavy atom. The first-order chi connectivity index (χ1) is 9.39. The molecule has 0 spiro atoms. The molecule has 21 heavy (non-hydrogen) atoms. The Bertz CT molecular complexity index is 419. The smallest absolute Gasteiger partial charge is 0.237 e. The summed E-state index contributed by atoms with van der Waals surface area (Å²) in [7, 11) is -3.46. The summed E-state index contributed by atoms with van der Waals surface area (Å²) in [6.45, 7) is 5.32. The van der Waals surface area contributed by atoms with Gasteiger partial charge in [0.15, 0.2) is 0 Å². The van der Waals surface area contributed by atoms with Crippen LogP contribution in [0.15, 0.2) is 0 Å². The van der Waals surface area contributed by atoms with Crippen molar-refractivity contribution in [3.05, 3.63) is 0 Å². The van der Waals surface area contributed by atoms with E-state index < -0.39 is 10.0 Å². The Labute approximate surface area is 133 Å². The van der Waals surface area contributed by atoms with Crippen molar-refractivity contribution in [2.45, 2.75) is 26.3 Å². The third-order valence-electron chi connectivity index (χ3n) is 3.46. The molecule has 0 radical (unpaired) electrons. The minimum Gasteiger partial charge on any atom is -0.381 e. The van der Waals surface area contributed by atoms with Crippen molar-refractivity contribution in [2.75, 3.05) is 38.6 Å². The summed E-state index contributed by atoms with van der Waals surface area (Å²) in [5.74, 6) is -0.0216. The number of nitrogens with one attached hydrogen (secondary N) is 1. The van der Waals surface area contributed by atoms with Crippen molar-refractivity contribution in [2.24, 2.45) is 11.7 Å². The van der Waals surface area contributed by atoms with Crippen LogP contribution in [0, 0.1) is 5.92 Å². The van der Waals surface area contributed by atoms with Gasteiger partial charge in [-0.25, -0.2) is 13.1 Å². The van der Waals surface area contributed by atoms with E-state index in [1.54, 1.807) is 11.8 Å². The van der Waals surface area contributed by atoms with Crippen LogP contribution in [0.2, 0.25) is 0 Å². The quantitative estimate of drug-likeness (QED) is 0.582. The number of ether oxygens (including phenoxy) is 1. The van der Waals surface area contributed by atoms with Gasteiger partial charge in [-0.1, -0.05) is 0 Å². The Morgan fingerprint density at radius 2 is 2.14 bits per heavy atom. The Hall–Kier alpha value is -0.410. The maximum absolute atomic E-state index is 12.0. The topological polar surface area (TPSA) is 102 Å². The average Bonchev–Trinajstić information content (AvgIpc) is 2.78. The number of rotatable bonds is 8. The lowest BCUT2D eigenvalue weighted by Crippen LogP contribution is -2.42. The molecule has 1 fully saturated rings. The Morgan fingerprint density at radius 3 is 2.67 bits per heavy atom. The number of nitrogens with two attached hydrogens (primary N) is 1. The van der Waals surface area contributed by atoms with Crippen LogP contribution in [-0.2, 0) is 19.6 Å². The summed E-state index contributed by atoms with van der Waals surface area (Å²) in [6.07, 6.45) is 0.874. The number of halogens is 1. The maximum atomic E-state index is 12.0. The predicted molar refractivity (Wildman–Crippen MR) is 83.9 cm³/mol. The number of hydrogen-bond donors (Lipinski definition) is 2. The molecule has 0 aromatic heterocycles. The first-order valence-corrected chi connectivity index (χ1v) is 8.59. The molecule has 9 heteroatoms. The molecule has 7 nitrogen and oxygen atoms in total. The molecular weight excluding hydrogens is 318 g/mol. The highest BCUT2D eigenvalue weighted by Crippen LogP contribution is 2.21. The molecule has 1 heterocycles. The molecule has 3 N–H and O–H groups in total. The van der Waals surface area contributed by atoms with Gasteiger partial charge in [-0.05, 0) is 32.7 Å².